The predicted molar refractivity (Wildman–Crippen MR) is 142 cm³/mol. The maximum atomic E-state index is 12.2. The van der Waals surface area contributed by atoms with Crippen molar-refractivity contribution in [2.45, 2.75) is 23.3 Å². The van der Waals surface area contributed by atoms with Gasteiger partial charge in [-0.05, 0) is 48.5 Å². The Morgan fingerprint density at radius 3 is 0.881 bits per heavy atom. The zero-order valence-corrected chi connectivity index (χ0v) is 22.7. The van der Waals surface area contributed by atoms with Gasteiger partial charge >= 0.3 is 23.3 Å². The van der Waals surface area contributed by atoms with Gasteiger partial charge in [-0.25, -0.2) is 8.42 Å². The monoisotopic (exact) mass is 638 g/mol. The second-order valence-corrected chi connectivity index (χ2v) is 13.5. The van der Waals surface area contributed by atoms with Crippen LogP contribution in [0.4, 0.5) is 39.5 Å². The summed E-state index contributed by atoms with van der Waals surface area (Å²) in [5.41, 5.74) is 0. The number of hydrogen-bond acceptors (Lipinski definition) is 3. The molecule has 4 aromatic carbocycles. The minimum absolute atomic E-state index is 1.39. The van der Waals surface area contributed by atoms with Gasteiger partial charge in [0, 0.05) is 0 Å². The van der Waals surface area contributed by atoms with Gasteiger partial charge in [-0.2, -0.15) is 39.5 Å². The number of rotatable bonds is 7. The quantitative estimate of drug-likeness (QED) is 0.136. The van der Waals surface area contributed by atoms with Gasteiger partial charge in [0.1, 0.15) is 28.5 Å². The third-order valence-corrected chi connectivity index (χ3v) is 11.2. The Morgan fingerprint density at radius 2 is 0.690 bits per heavy atom. The Morgan fingerprint density at radius 1 is 0.452 bits per heavy atom. The van der Waals surface area contributed by atoms with E-state index in [0.29, 0.717) is 0 Å². The fourth-order valence-electron chi connectivity index (χ4n) is 4.02. The predicted octanol–water partition coefficient (Wildman–Crippen LogP) is 6.26. The molecule has 0 amide bonds. The van der Waals surface area contributed by atoms with E-state index in [1.807, 2.05) is 0 Å². The smallest absolute Gasteiger partial charge is 0.460 e. The van der Waals surface area contributed by atoms with E-state index in [9.17, 15) is 52.5 Å². The molecule has 0 aromatic heterocycles. The second-order valence-electron chi connectivity index (χ2n) is 8.63. The fourth-order valence-corrected chi connectivity index (χ4v) is 8.73. The molecule has 0 saturated heterocycles. The largest absolute Gasteiger partial charge is 0.743 e. The molecule has 0 saturated carbocycles. The van der Waals surface area contributed by atoms with Gasteiger partial charge in [-0.3, -0.25) is 0 Å². The van der Waals surface area contributed by atoms with Crippen LogP contribution >= 0.6 is 7.26 Å². The Labute approximate surface area is 235 Å². The lowest BCUT2D eigenvalue weighted by atomic mass is 10.1. The average Bonchev–Trinajstić information content (AvgIpc) is 2.95. The van der Waals surface area contributed by atoms with E-state index in [4.69, 9.17) is 0 Å². The van der Waals surface area contributed by atoms with Gasteiger partial charge in [-0.15, -0.1) is 0 Å². The molecule has 0 spiro atoms. The normalized spacial score (nSPS) is 13.2. The van der Waals surface area contributed by atoms with Crippen LogP contribution in [0.15, 0.2) is 121 Å². The first-order valence-corrected chi connectivity index (χ1v) is 14.9. The Kier molecular flexibility index (Phi) is 9.51. The SMILES string of the molecule is O=S(=O)([O-])C(F)(F)C(F)(F)C(F)(F)C(F)(F)F.c1ccc([P+](c2ccccc2)(c2ccccc2)c2ccccc2)cc1. The topological polar surface area (TPSA) is 57.2 Å². The van der Waals surface area contributed by atoms with E-state index >= 15 is 0 Å². The average molecular weight is 638 g/mol. The highest BCUT2D eigenvalue weighted by atomic mass is 32.2. The molecule has 0 aliphatic heterocycles. The van der Waals surface area contributed by atoms with Crippen LogP contribution in [0.2, 0.25) is 0 Å². The fraction of sp³-hybridized carbons (Fsp3) is 0.143. The Bertz CT molecular complexity index is 1390. The van der Waals surface area contributed by atoms with Crippen molar-refractivity contribution in [1.82, 2.24) is 0 Å². The standard InChI is InChI=1S/C24H20P.C4HF9O3S/c1-5-13-21(14-6-1)25(22-15-7-2-8-16-22,23-17-9-3-10-18-23)24-19-11-4-12-20-24;5-1(6,3(9,10)11)2(7,8)4(12,13)17(14,15)16/h1-20H;(H,14,15,16)/q+1;/p-1. The van der Waals surface area contributed by atoms with Gasteiger partial charge in [0.05, 0.1) is 0 Å². The van der Waals surface area contributed by atoms with E-state index in [1.54, 1.807) is 0 Å². The van der Waals surface area contributed by atoms with Crippen molar-refractivity contribution in [3.8, 4) is 0 Å². The lowest BCUT2D eigenvalue weighted by Crippen LogP contribution is -2.63. The van der Waals surface area contributed by atoms with Crippen LogP contribution in [0, 0.1) is 0 Å². The number of hydrogen-bond donors (Lipinski definition) is 0. The number of halogens is 9. The maximum Gasteiger partial charge on any atom is 0.460 e. The molecule has 3 nitrogen and oxygen atoms in total. The Balaban J connectivity index is 0.000000252. The van der Waals surface area contributed by atoms with Crippen LogP contribution in [-0.4, -0.2) is 36.2 Å². The molecule has 4 aromatic rings. The minimum atomic E-state index is -7.43. The first kappa shape index (κ1) is 33.1. The van der Waals surface area contributed by atoms with Crippen LogP contribution in [0.5, 0.6) is 0 Å². The number of alkyl halides is 9. The van der Waals surface area contributed by atoms with Crippen LogP contribution in [0.3, 0.4) is 0 Å². The number of benzene rings is 4. The van der Waals surface area contributed by atoms with Crippen LogP contribution in [0.25, 0.3) is 0 Å². The summed E-state index contributed by atoms with van der Waals surface area (Å²) in [4.78, 5) is 0. The van der Waals surface area contributed by atoms with Crippen molar-refractivity contribution in [2.24, 2.45) is 0 Å². The van der Waals surface area contributed by atoms with Crippen molar-refractivity contribution < 1.29 is 52.5 Å². The third-order valence-electron chi connectivity index (χ3n) is 6.00. The molecule has 224 valence electrons. The first-order valence-electron chi connectivity index (χ1n) is 11.7. The third kappa shape index (κ3) is 5.91. The molecule has 0 atom stereocenters. The summed E-state index contributed by atoms with van der Waals surface area (Å²) in [6.45, 7) is 0. The van der Waals surface area contributed by atoms with Gasteiger partial charge in [0.2, 0.25) is 0 Å². The van der Waals surface area contributed by atoms with Crippen LogP contribution < -0.4 is 21.2 Å². The molecule has 4 rings (SSSR count). The summed E-state index contributed by atoms with van der Waals surface area (Å²) in [7, 11) is -9.32. The molecule has 0 fully saturated rings. The van der Waals surface area contributed by atoms with E-state index in [2.05, 4.69) is 121 Å². The molecule has 0 unspecified atom stereocenters. The van der Waals surface area contributed by atoms with Gasteiger partial charge in [-0.1, -0.05) is 72.8 Å². The second kappa shape index (κ2) is 12.1. The van der Waals surface area contributed by atoms with Crippen molar-refractivity contribution in [1.29, 1.82) is 0 Å². The maximum absolute atomic E-state index is 12.2. The van der Waals surface area contributed by atoms with Crippen LogP contribution in [0.1, 0.15) is 0 Å². The Hall–Kier alpha value is -3.41. The van der Waals surface area contributed by atoms with Crippen molar-refractivity contribution in [3.05, 3.63) is 121 Å². The minimum Gasteiger partial charge on any atom is -0.743 e. The molecule has 14 heteroatoms. The van der Waals surface area contributed by atoms with Gasteiger partial charge in [0.15, 0.2) is 10.1 Å². The van der Waals surface area contributed by atoms with E-state index in [0.717, 1.165) is 0 Å². The molecule has 0 aliphatic carbocycles. The summed E-state index contributed by atoms with van der Waals surface area (Å²) in [6, 6.07) is 43.8. The zero-order valence-electron chi connectivity index (χ0n) is 21.0. The highest BCUT2D eigenvalue weighted by Crippen LogP contribution is 2.55. The first-order chi connectivity index (χ1) is 19.4. The highest BCUT2D eigenvalue weighted by Gasteiger charge is 2.83. The van der Waals surface area contributed by atoms with E-state index in [-0.39, 0.29) is 0 Å². The van der Waals surface area contributed by atoms with Gasteiger partial charge in [0.25, 0.3) is 0 Å². The molecule has 0 N–H and O–H groups in total. The molecule has 0 heterocycles. The van der Waals surface area contributed by atoms with E-state index < -0.39 is 40.7 Å². The summed E-state index contributed by atoms with van der Waals surface area (Å²) < 4.78 is 135. The lowest BCUT2D eigenvalue weighted by molar-refractivity contribution is -0.382. The molecule has 0 bridgehead atoms. The summed E-state index contributed by atoms with van der Waals surface area (Å²) in [5.74, 6) is -14.8. The zero-order chi connectivity index (χ0) is 31.5. The lowest BCUT2D eigenvalue weighted by Gasteiger charge is -2.34. The summed E-state index contributed by atoms with van der Waals surface area (Å²) >= 11 is 0. The molecule has 0 aliphatic rings. The molecule has 42 heavy (non-hydrogen) atoms. The van der Waals surface area contributed by atoms with Crippen molar-refractivity contribution in [3.63, 3.8) is 0 Å². The van der Waals surface area contributed by atoms with Gasteiger partial charge < -0.3 is 4.55 Å². The molecular weight excluding hydrogens is 618 g/mol. The van der Waals surface area contributed by atoms with E-state index in [1.165, 1.54) is 21.2 Å². The van der Waals surface area contributed by atoms with Crippen molar-refractivity contribution >= 4 is 38.6 Å². The summed E-state index contributed by atoms with van der Waals surface area (Å²) in [6.07, 6.45) is -7.16. The van der Waals surface area contributed by atoms with Crippen molar-refractivity contribution in [2.75, 3.05) is 0 Å². The van der Waals surface area contributed by atoms with Crippen LogP contribution in [-0.2, 0) is 10.1 Å². The molecular formula is C28H20F9O3PS. The highest BCUT2D eigenvalue weighted by molar-refractivity contribution is 8.01. The summed E-state index contributed by atoms with van der Waals surface area (Å²) in [5, 5.41) is -1.56. The molecule has 0 radical (unpaired) electrons.